The van der Waals surface area contributed by atoms with Crippen molar-refractivity contribution in [2.24, 2.45) is 5.92 Å². The summed E-state index contributed by atoms with van der Waals surface area (Å²) in [6.07, 6.45) is 4.89. The Morgan fingerprint density at radius 2 is 2.11 bits per heavy atom. The minimum Gasteiger partial charge on any atom is -0.411 e. The Bertz CT molecular complexity index is 1140. The second kappa shape index (κ2) is 6.69. The molecule has 0 saturated heterocycles. The molecule has 0 unspecified atom stereocenters. The average molecular weight is 398 g/mol. The van der Waals surface area contributed by atoms with Gasteiger partial charge < -0.3 is 4.42 Å². The summed E-state index contributed by atoms with van der Waals surface area (Å²) >= 11 is 3.06. The zero-order valence-electron chi connectivity index (χ0n) is 14.5. The quantitative estimate of drug-likeness (QED) is 0.444. The molecule has 3 aromatic heterocycles. The fourth-order valence-electron chi connectivity index (χ4n) is 3.40. The monoisotopic (exact) mass is 398 g/mol. The minimum absolute atomic E-state index is 0.169. The Hall–Kier alpha value is -2.32. The lowest BCUT2D eigenvalue weighted by Crippen LogP contribution is -2.08. The molecule has 136 valence electrons. The number of thiophene rings is 1. The number of aromatic nitrogens is 4. The summed E-state index contributed by atoms with van der Waals surface area (Å²) in [6, 6.07) is 6.36. The highest BCUT2D eigenvalue weighted by molar-refractivity contribution is 7.99. The third kappa shape index (κ3) is 3.02. The van der Waals surface area contributed by atoms with Crippen LogP contribution in [-0.4, -0.2) is 20.2 Å². The van der Waals surface area contributed by atoms with Crippen LogP contribution in [0.25, 0.3) is 21.7 Å². The molecule has 0 bridgehead atoms. The van der Waals surface area contributed by atoms with Gasteiger partial charge in [-0.1, -0.05) is 19.1 Å². The smallest absolute Gasteiger partial charge is 0.283 e. The topological polar surface area (TPSA) is 64.7 Å². The molecule has 1 aliphatic rings. The Morgan fingerprint density at radius 3 is 3.00 bits per heavy atom. The molecule has 5 nitrogen and oxygen atoms in total. The summed E-state index contributed by atoms with van der Waals surface area (Å²) in [7, 11) is 0. The van der Waals surface area contributed by atoms with Gasteiger partial charge in [-0.15, -0.1) is 21.5 Å². The van der Waals surface area contributed by atoms with Crippen molar-refractivity contribution >= 4 is 33.3 Å². The molecule has 0 saturated carbocycles. The van der Waals surface area contributed by atoms with Gasteiger partial charge in [-0.25, -0.2) is 14.4 Å². The van der Waals surface area contributed by atoms with Gasteiger partial charge in [0.15, 0.2) is 0 Å². The summed E-state index contributed by atoms with van der Waals surface area (Å²) in [5.74, 6) is 0.485. The lowest BCUT2D eigenvalue weighted by Gasteiger charge is -2.17. The van der Waals surface area contributed by atoms with Crippen molar-refractivity contribution in [3.63, 3.8) is 0 Å². The van der Waals surface area contributed by atoms with Crippen LogP contribution < -0.4 is 0 Å². The molecule has 4 aromatic rings. The van der Waals surface area contributed by atoms with Crippen molar-refractivity contribution < 1.29 is 8.81 Å². The van der Waals surface area contributed by atoms with Crippen LogP contribution >= 0.6 is 23.1 Å². The second-order valence-electron chi connectivity index (χ2n) is 6.67. The van der Waals surface area contributed by atoms with E-state index in [-0.39, 0.29) is 11.7 Å². The van der Waals surface area contributed by atoms with Crippen LogP contribution in [0.5, 0.6) is 0 Å². The fourth-order valence-corrected chi connectivity index (χ4v) is 5.61. The number of benzene rings is 1. The van der Waals surface area contributed by atoms with E-state index >= 15 is 0 Å². The predicted octanol–water partition coefficient (Wildman–Crippen LogP) is 5.16. The van der Waals surface area contributed by atoms with Gasteiger partial charge >= 0.3 is 0 Å². The SMILES string of the molecule is C[C@H]1CCc2c(sc3ncnc(Sc4nnc(-c5ccccc5F)o4)c23)C1. The van der Waals surface area contributed by atoms with Gasteiger partial charge in [0, 0.05) is 10.3 Å². The molecule has 0 radical (unpaired) electrons. The van der Waals surface area contributed by atoms with Crippen molar-refractivity contribution in [3.8, 4) is 11.5 Å². The maximum Gasteiger partial charge on any atom is 0.283 e. The number of rotatable bonds is 3. The predicted molar refractivity (Wildman–Crippen MR) is 102 cm³/mol. The van der Waals surface area contributed by atoms with Gasteiger partial charge in [0.1, 0.15) is 22.0 Å². The molecule has 0 aliphatic heterocycles. The van der Waals surface area contributed by atoms with Crippen molar-refractivity contribution in [1.82, 2.24) is 20.2 Å². The first-order valence-corrected chi connectivity index (χ1v) is 10.3. The van der Waals surface area contributed by atoms with E-state index in [4.69, 9.17) is 4.42 Å². The highest BCUT2D eigenvalue weighted by atomic mass is 32.2. The number of nitrogens with zero attached hydrogens (tertiary/aromatic N) is 4. The van der Waals surface area contributed by atoms with E-state index in [1.807, 2.05) is 0 Å². The number of hydrogen-bond donors (Lipinski definition) is 0. The molecule has 1 atom stereocenters. The van der Waals surface area contributed by atoms with E-state index < -0.39 is 0 Å². The van der Waals surface area contributed by atoms with Crippen LogP contribution in [0.1, 0.15) is 23.8 Å². The first kappa shape index (κ1) is 16.8. The normalized spacial score (nSPS) is 16.6. The van der Waals surface area contributed by atoms with E-state index in [2.05, 4.69) is 27.1 Å². The second-order valence-corrected chi connectivity index (χ2v) is 8.69. The van der Waals surface area contributed by atoms with Crippen molar-refractivity contribution in [2.75, 3.05) is 0 Å². The van der Waals surface area contributed by atoms with E-state index in [0.717, 1.165) is 28.1 Å². The summed E-state index contributed by atoms with van der Waals surface area (Å²) in [6.45, 7) is 2.29. The molecular formula is C19H15FN4OS2. The zero-order valence-corrected chi connectivity index (χ0v) is 16.1. The number of aryl methyl sites for hydroxylation is 1. The van der Waals surface area contributed by atoms with Gasteiger partial charge in [-0.3, -0.25) is 0 Å². The first-order valence-electron chi connectivity index (χ1n) is 8.70. The maximum atomic E-state index is 13.9. The Kier molecular flexibility index (Phi) is 4.17. The summed E-state index contributed by atoms with van der Waals surface area (Å²) < 4.78 is 19.6. The van der Waals surface area contributed by atoms with Crippen LogP contribution in [0.3, 0.4) is 0 Å². The van der Waals surface area contributed by atoms with Crippen LogP contribution in [0.15, 0.2) is 45.3 Å². The number of fused-ring (bicyclic) bond motifs is 3. The van der Waals surface area contributed by atoms with Gasteiger partial charge in [-0.05, 0) is 54.6 Å². The van der Waals surface area contributed by atoms with E-state index in [0.29, 0.717) is 16.7 Å². The van der Waals surface area contributed by atoms with E-state index in [9.17, 15) is 4.39 Å². The average Bonchev–Trinajstić information content (AvgIpc) is 3.26. The van der Waals surface area contributed by atoms with Crippen LogP contribution in [0.4, 0.5) is 4.39 Å². The highest BCUT2D eigenvalue weighted by Gasteiger charge is 2.24. The first-order chi connectivity index (χ1) is 13.2. The molecule has 1 aromatic carbocycles. The standard InChI is InChI=1S/C19H15FN4OS2/c1-10-6-7-12-14(8-10)26-17-15(12)18(22-9-21-17)27-19-24-23-16(25-19)11-4-2-3-5-13(11)20/h2-5,9-10H,6-8H2,1H3/t10-/m0/s1. The van der Waals surface area contributed by atoms with E-state index in [1.54, 1.807) is 35.9 Å². The minimum atomic E-state index is -0.386. The van der Waals surface area contributed by atoms with Crippen LogP contribution in [0.2, 0.25) is 0 Å². The van der Waals surface area contributed by atoms with Crippen molar-refractivity contribution in [2.45, 2.75) is 36.4 Å². The molecular weight excluding hydrogens is 383 g/mol. The van der Waals surface area contributed by atoms with Crippen LogP contribution in [0, 0.1) is 11.7 Å². The Labute approximate surface area is 163 Å². The Balaban J connectivity index is 1.52. The molecule has 1 aliphatic carbocycles. The largest absolute Gasteiger partial charge is 0.411 e. The van der Waals surface area contributed by atoms with Crippen molar-refractivity contribution in [1.29, 1.82) is 0 Å². The molecule has 5 rings (SSSR count). The molecule has 0 spiro atoms. The maximum absolute atomic E-state index is 13.9. The van der Waals surface area contributed by atoms with Crippen LogP contribution in [-0.2, 0) is 12.8 Å². The third-order valence-corrected chi connectivity index (χ3v) is 6.76. The molecule has 27 heavy (non-hydrogen) atoms. The van der Waals surface area contributed by atoms with Crippen molar-refractivity contribution in [3.05, 3.63) is 46.9 Å². The Morgan fingerprint density at radius 1 is 1.22 bits per heavy atom. The van der Waals surface area contributed by atoms with Gasteiger partial charge in [-0.2, -0.15) is 0 Å². The molecule has 3 heterocycles. The summed E-state index contributed by atoms with van der Waals surface area (Å²) in [4.78, 5) is 11.3. The molecule has 0 amide bonds. The van der Waals surface area contributed by atoms with Gasteiger partial charge in [0.25, 0.3) is 11.1 Å². The molecule has 0 N–H and O–H groups in total. The lowest BCUT2D eigenvalue weighted by atomic mass is 9.89. The van der Waals surface area contributed by atoms with Gasteiger partial charge in [0.05, 0.1) is 5.56 Å². The zero-order chi connectivity index (χ0) is 18.4. The molecule has 0 fully saturated rings. The third-order valence-electron chi connectivity index (χ3n) is 4.75. The van der Waals surface area contributed by atoms with Gasteiger partial charge in [0.2, 0.25) is 0 Å². The number of hydrogen-bond acceptors (Lipinski definition) is 7. The highest BCUT2D eigenvalue weighted by Crippen LogP contribution is 2.42. The number of halogens is 1. The molecule has 8 heteroatoms. The summed E-state index contributed by atoms with van der Waals surface area (Å²) in [5, 5.41) is 10.3. The fraction of sp³-hybridized carbons (Fsp3) is 0.263. The van der Waals surface area contributed by atoms with E-state index in [1.165, 1.54) is 34.7 Å². The summed E-state index contributed by atoms with van der Waals surface area (Å²) in [5.41, 5.74) is 1.65. The lowest BCUT2D eigenvalue weighted by molar-refractivity contribution is 0.462.